The van der Waals surface area contributed by atoms with Crippen molar-refractivity contribution in [3.63, 3.8) is 0 Å². The van der Waals surface area contributed by atoms with Crippen LogP contribution in [0.25, 0.3) is 11.1 Å². The number of anilines is 1. The van der Waals surface area contributed by atoms with E-state index in [4.69, 9.17) is 4.99 Å². The highest BCUT2D eigenvalue weighted by Gasteiger charge is 2.24. The van der Waals surface area contributed by atoms with Crippen molar-refractivity contribution in [2.24, 2.45) is 12.0 Å². The molecule has 160 valence electrons. The number of aromatic nitrogens is 1. The number of nitrogens with one attached hydrogen (secondary N) is 1. The van der Waals surface area contributed by atoms with Crippen molar-refractivity contribution >= 4 is 21.4 Å². The Morgan fingerprint density at radius 1 is 1.06 bits per heavy atom. The minimum Gasteiger partial charge on any atom is -0.318 e. The second-order valence-electron chi connectivity index (χ2n) is 7.52. The zero-order valence-electron chi connectivity index (χ0n) is 17.4. The van der Waals surface area contributed by atoms with E-state index in [9.17, 15) is 17.6 Å². The van der Waals surface area contributed by atoms with Gasteiger partial charge >= 0.3 is 0 Å². The average Bonchev–Trinajstić information content (AvgIpc) is 2.84. The number of rotatable bonds is 4. The lowest BCUT2D eigenvalue weighted by molar-refractivity contribution is 0.602. The normalized spacial score (nSPS) is 15.5. The highest BCUT2D eigenvalue weighted by molar-refractivity contribution is 7.92. The Morgan fingerprint density at radius 2 is 1.77 bits per heavy atom. The fraction of sp³-hybridized carbons (Fsp3) is 0.217. The summed E-state index contributed by atoms with van der Waals surface area (Å²) in [6.45, 7) is 3.46. The minimum absolute atomic E-state index is 0.0471. The predicted octanol–water partition coefficient (Wildman–Crippen LogP) is 3.87. The van der Waals surface area contributed by atoms with Gasteiger partial charge in [-0.2, -0.15) is 0 Å². The van der Waals surface area contributed by atoms with Crippen molar-refractivity contribution in [1.29, 1.82) is 0 Å². The molecule has 8 heteroatoms. The molecule has 0 amide bonds. The second-order valence-corrected chi connectivity index (χ2v) is 9.53. The molecule has 4 rings (SSSR count). The van der Waals surface area contributed by atoms with E-state index in [1.165, 1.54) is 16.7 Å². The van der Waals surface area contributed by atoms with Crippen molar-refractivity contribution in [2.45, 2.75) is 19.9 Å². The lowest BCUT2D eigenvalue weighted by Crippen LogP contribution is -2.17. The Kier molecular flexibility index (Phi) is 5.26. The summed E-state index contributed by atoms with van der Waals surface area (Å²) < 4.78 is 41.8. The fourth-order valence-corrected chi connectivity index (χ4v) is 4.30. The molecule has 1 aromatic heterocycles. The second kappa shape index (κ2) is 7.77. The van der Waals surface area contributed by atoms with Crippen LogP contribution in [-0.4, -0.2) is 24.4 Å². The zero-order valence-corrected chi connectivity index (χ0v) is 18.2. The van der Waals surface area contributed by atoms with Gasteiger partial charge in [-0.05, 0) is 61.4 Å². The van der Waals surface area contributed by atoms with Gasteiger partial charge in [-0.1, -0.05) is 6.07 Å². The van der Waals surface area contributed by atoms with Crippen LogP contribution >= 0.6 is 0 Å². The van der Waals surface area contributed by atoms with Crippen LogP contribution in [0.3, 0.4) is 0 Å². The van der Waals surface area contributed by atoms with E-state index in [0.29, 0.717) is 11.4 Å². The van der Waals surface area contributed by atoms with Gasteiger partial charge in [0.05, 0.1) is 17.5 Å². The average molecular weight is 440 g/mol. The molecule has 31 heavy (non-hydrogen) atoms. The molecule has 3 aromatic rings. The van der Waals surface area contributed by atoms with E-state index < -0.39 is 10.0 Å². The molecule has 0 bridgehead atoms. The van der Waals surface area contributed by atoms with Crippen LogP contribution in [0.5, 0.6) is 0 Å². The quantitative estimate of drug-likeness (QED) is 0.670. The van der Waals surface area contributed by atoms with Crippen LogP contribution in [0.1, 0.15) is 36.6 Å². The van der Waals surface area contributed by atoms with E-state index in [2.05, 4.69) is 4.72 Å². The topological polar surface area (TPSA) is 80.5 Å². The molecule has 0 spiro atoms. The predicted molar refractivity (Wildman–Crippen MR) is 121 cm³/mol. The van der Waals surface area contributed by atoms with Crippen molar-refractivity contribution in [3.05, 3.63) is 87.6 Å². The SMILES string of the molecule is CCS(=O)(=O)Nc1ccc2c(c1)-c1cn(C)c(=O)cc1C(C)N=C2c1ccc(F)cc1. The number of sulfonamides is 1. The summed E-state index contributed by atoms with van der Waals surface area (Å²) >= 11 is 0. The number of hydrogen-bond acceptors (Lipinski definition) is 4. The summed E-state index contributed by atoms with van der Waals surface area (Å²) in [5, 5.41) is 0. The van der Waals surface area contributed by atoms with Crippen molar-refractivity contribution in [2.75, 3.05) is 10.5 Å². The van der Waals surface area contributed by atoms with Gasteiger partial charge in [0.15, 0.2) is 0 Å². The summed E-state index contributed by atoms with van der Waals surface area (Å²) in [6.07, 6.45) is 1.74. The maximum Gasteiger partial charge on any atom is 0.250 e. The van der Waals surface area contributed by atoms with Crippen LogP contribution in [-0.2, 0) is 17.1 Å². The van der Waals surface area contributed by atoms with Crippen molar-refractivity contribution in [3.8, 4) is 11.1 Å². The highest BCUT2D eigenvalue weighted by Crippen LogP contribution is 2.38. The number of aliphatic imine (C=N–C) groups is 1. The largest absolute Gasteiger partial charge is 0.318 e. The van der Waals surface area contributed by atoms with E-state index in [-0.39, 0.29) is 23.2 Å². The number of fused-ring (bicyclic) bond motifs is 3. The molecule has 1 aliphatic heterocycles. The summed E-state index contributed by atoms with van der Waals surface area (Å²) in [6, 6.07) is 12.5. The van der Waals surface area contributed by atoms with Crippen LogP contribution in [0, 0.1) is 5.82 Å². The minimum atomic E-state index is -3.46. The van der Waals surface area contributed by atoms with Gasteiger partial charge in [0.25, 0.3) is 5.56 Å². The molecule has 0 radical (unpaired) electrons. The Balaban J connectivity index is 2.00. The first-order valence-electron chi connectivity index (χ1n) is 9.88. The summed E-state index contributed by atoms with van der Waals surface area (Å²) in [4.78, 5) is 17.2. The first-order chi connectivity index (χ1) is 14.7. The molecule has 0 fully saturated rings. The van der Waals surface area contributed by atoms with Crippen LogP contribution in [0.15, 0.2) is 64.5 Å². The van der Waals surface area contributed by atoms with E-state index in [0.717, 1.165) is 27.8 Å². The van der Waals surface area contributed by atoms with Gasteiger partial charge in [-0.15, -0.1) is 0 Å². The monoisotopic (exact) mass is 439 g/mol. The molecule has 2 aromatic carbocycles. The number of halogens is 1. The van der Waals surface area contributed by atoms with Crippen LogP contribution in [0.4, 0.5) is 10.1 Å². The van der Waals surface area contributed by atoms with Gasteiger partial charge in [0.2, 0.25) is 10.0 Å². The number of nitrogens with zero attached hydrogens (tertiary/aromatic N) is 2. The lowest BCUT2D eigenvalue weighted by atomic mass is 9.92. The van der Waals surface area contributed by atoms with Gasteiger partial charge in [-0.3, -0.25) is 14.5 Å². The van der Waals surface area contributed by atoms with Gasteiger partial charge in [0, 0.05) is 41.7 Å². The molecule has 1 atom stereocenters. The highest BCUT2D eigenvalue weighted by atomic mass is 32.2. The first kappa shape index (κ1) is 21.0. The zero-order chi connectivity index (χ0) is 22.3. The van der Waals surface area contributed by atoms with Crippen molar-refractivity contribution in [1.82, 2.24) is 4.57 Å². The molecule has 1 unspecified atom stereocenters. The number of benzene rings is 2. The molecule has 0 saturated carbocycles. The first-order valence-corrected chi connectivity index (χ1v) is 11.5. The summed E-state index contributed by atoms with van der Waals surface area (Å²) in [5.41, 5.74) is 4.71. The maximum atomic E-state index is 13.5. The molecular weight excluding hydrogens is 417 g/mol. The Labute approximate surface area is 180 Å². The summed E-state index contributed by atoms with van der Waals surface area (Å²) in [7, 11) is -1.79. The molecule has 1 aliphatic rings. The Hall–Kier alpha value is -3.26. The third-order valence-electron chi connectivity index (χ3n) is 5.37. The van der Waals surface area contributed by atoms with Gasteiger partial charge in [0.1, 0.15) is 5.82 Å². The molecule has 6 nitrogen and oxygen atoms in total. The van der Waals surface area contributed by atoms with E-state index >= 15 is 0 Å². The molecule has 1 N–H and O–H groups in total. The van der Waals surface area contributed by atoms with E-state index in [1.54, 1.807) is 56.6 Å². The third kappa shape index (κ3) is 4.03. The van der Waals surface area contributed by atoms with Crippen LogP contribution in [0.2, 0.25) is 0 Å². The maximum absolute atomic E-state index is 13.5. The molecule has 0 saturated heterocycles. The smallest absolute Gasteiger partial charge is 0.250 e. The summed E-state index contributed by atoms with van der Waals surface area (Å²) in [5.74, 6) is -0.393. The Morgan fingerprint density at radius 3 is 2.45 bits per heavy atom. The molecular formula is C23H22FN3O3S. The lowest BCUT2D eigenvalue weighted by Gasteiger charge is -2.15. The van der Waals surface area contributed by atoms with Crippen LogP contribution < -0.4 is 10.3 Å². The Bertz CT molecular complexity index is 1360. The molecule has 2 heterocycles. The third-order valence-corrected chi connectivity index (χ3v) is 6.68. The fourth-order valence-electron chi connectivity index (χ4n) is 3.67. The molecule has 0 aliphatic carbocycles. The number of aryl methyl sites for hydroxylation is 1. The van der Waals surface area contributed by atoms with Crippen molar-refractivity contribution < 1.29 is 12.8 Å². The number of pyridine rings is 1. The van der Waals surface area contributed by atoms with Gasteiger partial charge < -0.3 is 4.57 Å². The standard InChI is InChI=1S/C23H22FN3O3S/c1-4-31(29,30)26-17-9-10-18-20(11-17)21-13-27(3)22(28)12-19(21)14(2)25-23(18)15-5-7-16(24)8-6-15/h5-14,26H,4H2,1-3H3. The number of hydrogen-bond donors (Lipinski definition) is 1. The van der Waals surface area contributed by atoms with Gasteiger partial charge in [-0.25, -0.2) is 12.8 Å². The van der Waals surface area contributed by atoms with E-state index in [1.807, 2.05) is 6.92 Å².